The molecule has 0 saturated heterocycles. The number of nitro groups is 1. The summed E-state index contributed by atoms with van der Waals surface area (Å²) in [5.41, 5.74) is -0.146. The van der Waals surface area contributed by atoms with E-state index in [-0.39, 0.29) is 17.8 Å². The molecule has 96 valence electrons. The summed E-state index contributed by atoms with van der Waals surface area (Å²) in [6, 6.07) is 5.72. The van der Waals surface area contributed by atoms with Gasteiger partial charge in [0.2, 0.25) is 0 Å². The SMILES string of the molecule is CCC(=O)OCC(=O)Nc1ccccc1[N+](=O)[O-]. The van der Waals surface area contributed by atoms with Gasteiger partial charge in [-0.25, -0.2) is 0 Å². The quantitative estimate of drug-likeness (QED) is 0.486. The highest BCUT2D eigenvalue weighted by Crippen LogP contribution is 2.22. The lowest BCUT2D eigenvalue weighted by Crippen LogP contribution is -2.21. The third-order valence-corrected chi connectivity index (χ3v) is 2.03. The number of carbonyl (C=O) groups is 2. The Hall–Kier alpha value is -2.44. The molecule has 7 heteroatoms. The number of hydrogen-bond donors (Lipinski definition) is 1. The van der Waals surface area contributed by atoms with Gasteiger partial charge in [0.05, 0.1) is 4.92 Å². The Kier molecular flexibility index (Phi) is 4.79. The van der Waals surface area contributed by atoms with Crippen molar-refractivity contribution >= 4 is 23.3 Å². The number of hydrogen-bond acceptors (Lipinski definition) is 5. The van der Waals surface area contributed by atoms with E-state index in [0.29, 0.717) is 0 Å². The van der Waals surface area contributed by atoms with Crippen molar-refractivity contribution < 1.29 is 19.2 Å². The molecule has 0 heterocycles. The zero-order valence-electron chi connectivity index (χ0n) is 9.71. The Morgan fingerprint density at radius 2 is 2.06 bits per heavy atom. The van der Waals surface area contributed by atoms with E-state index in [4.69, 9.17) is 0 Å². The lowest BCUT2D eigenvalue weighted by atomic mass is 10.2. The van der Waals surface area contributed by atoms with Crippen molar-refractivity contribution in [3.05, 3.63) is 34.4 Å². The summed E-state index contributed by atoms with van der Waals surface area (Å²) < 4.78 is 4.60. The third-order valence-electron chi connectivity index (χ3n) is 2.03. The molecule has 0 atom stereocenters. The summed E-state index contributed by atoms with van der Waals surface area (Å²) in [5, 5.41) is 13.0. The Morgan fingerprint density at radius 3 is 2.67 bits per heavy atom. The largest absolute Gasteiger partial charge is 0.456 e. The molecule has 0 aliphatic carbocycles. The second-order valence-electron chi connectivity index (χ2n) is 3.34. The number of nitrogens with zero attached hydrogens (tertiary/aromatic N) is 1. The fourth-order valence-corrected chi connectivity index (χ4v) is 1.17. The fourth-order valence-electron chi connectivity index (χ4n) is 1.17. The number of benzene rings is 1. The van der Waals surface area contributed by atoms with Crippen LogP contribution in [0.15, 0.2) is 24.3 Å². The Balaban J connectivity index is 2.65. The number of ether oxygens (including phenoxy) is 1. The van der Waals surface area contributed by atoms with Crippen molar-refractivity contribution in [1.82, 2.24) is 0 Å². The highest BCUT2D eigenvalue weighted by Gasteiger charge is 2.15. The Bertz CT molecular complexity index is 472. The molecular weight excluding hydrogens is 240 g/mol. The summed E-state index contributed by atoms with van der Waals surface area (Å²) in [6.07, 6.45) is 0.165. The molecule has 0 saturated carbocycles. The smallest absolute Gasteiger partial charge is 0.306 e. The van der Waals surface area contributed by atoms with Gasteiger partial charge in [0.15, 0.2) is 6.61 Å². The number of carbonyl (C=O) groups excluding carboxylic acids is 2. The molecule has 7 nitrogen and oxygen atoms in total. The molecule has 0 aliphatic heterocycles. The van der Waals surface area contributed by atoms with E-state index in [1.54, 1.807) is 13.0 Å². The van der Waals surface area contributed by atoms with Gasteiger partial charge in [-0.1, -0.05) is 19.1 Å². The van der Waals surface area contributed by atoms with Gasteiger partial charge >= 0.3 is 5.97 Å². The van der Waals surface area contributed by atoms with Crippen LogP contribution in [-0.2, 0) is 14.3 Å². The molecule has 1 aromatic carbocycles. The molecule has 1 rings (SSSR count). The van der Waals surface area contributed by atoms with Crippen LogP contribution in [-0.4, -0.2) is 23.4 Å². The summed E-state index contributed by atoms with van der Waals surface area (Å²) in [4.78, 5) is 32.3. The molecule has 18 heavy (non-hydrogen) atoms. The van der Waals surface area contributed by atoms with Crippen molar-refractivity contribution in [2.24, 2.45) is 0 Å². The van der Waals surface area contributed by atoms with Crippen molar-refractivity contribution in [3.8, 4) is 0 Å². The number of esters is 1. The first kappa shape index (κ1) is 13.6. The first-order chi connectivity index (χ1) is 8.54. The normalized spacial score (nSPS) is 9.61. The Labute approximate surface area is 103 Å². The van der Waals surface area contributed by atoms with Crippen LogP contribution >= 0.6 is 0 Å². The maximum Gasteiger partial charge on any atom is 0.306 e. The minimum absolute atomic E-state index is 0.0695. The monoisotopic (exact) mass is 252 g/mol. The van der Waals surface area contributed by atoms with Gasteiger partial charge in [-0.3, -0.25) is 19.7 Å². The second kappa shape index (κ2) is 6.33. The molecular formula is C11H12N2O5. The molecule has 0 bridgehead atoms. The van der Waals surface area contributed by atoms with Gasteiger partial charge in [0.1, 0.15) is 5.69 Å². The van der Waals surface area contributed by atoms with E-state index < -0.39 is 23.4 Å². The first-order valence-electron chi connectivity index (χ1n) is 5.23. The molecule has 0 unspecified atom stereocenters. The van der Waals surface area contributed by atoms with E-state index >= 15 is 0 Å². The number of nitro benzene ring substituents is 1. The van der Waals surface area contributed by atoms with Crippen LogP contribution in [0, 0.1) is 10.1 Å². The zero-order valence-corrected chi connectivity index (χ0v) is 9.71. The highest BCUT2D eigenvalue weighted by molar-refractivity contribution is 5.94. The predicted octanol–water partition coefficient (Wildman–Crippen LogP) is 1.49. The molecule has 0 aromatic heterocycles. The van der Waals surface area contributed by atoms with Crippen LogP contribution in [0.3, 0.4) is 0 Å². The number of para-hydroxylation sites is 2. The van der Waals surface area contributed by atoms with E-state index in [2.05, 4.69) is 10.1 Å². The number of amides is 1. The van der Waals surface area contributed by atoms with Gasteiger partial charge in [-0.05, 0) is 6.07 Å². The number of nitrogens with one attached hydrogen (secondary N) is 1. The second-order valence-corrected chi connectivity index (χ2v) is 3.34. The summed E-state index contributed by atoms with van der Waals surface area (Å²) in [6.45, 7) is 1.14. The lowest BCUT2D eigenvalue weighted by Gasteiger charge is -2.06. The minimum Gasteiger partial charge on any atom is -0.456 e. The van der Waals surface area contributed by atoms with Crippen LogP contribution in [0.1, 0.15) is 13.3 Å². The average molecular weight is 252 g/mol. The van der Waals surface area contributed by atoms with Gasteiger partial charge in [0, 0.05) is 12.5 Å². The van der Waals surface area contributed by atoms with Crippen molar-refractivity contribution in [2.45, 2.75) is 13.3 Å². The number of rotatable bonds is 5. The molecule has 0 radical (unpaired) electrons. The standard InChI is InChI=1S/C11H12N2O5/c1-2-11(15)18-7-10(14)12-8-5-3-4-6-9(8)13(16)17/h3-6H,2,7H2,1H3,(H,12,14). The molecule has 0 aliphatic rings. The van der Waals surface area contributed by atoms with E-state index in [1.807, 2.05) is 0 Å². The number of anilines is 1. The van der Waals surface area contributed by atoms with Crippen molar-refractivity contribution in [3.63, 3.8) is 0 Å². The van der Waals surface area contributed by atoms with Crippen LogP contribution < -0.4 is 5.32 Å². The van der Waals surface area contributed by atoms with Crippen molar-refractivity contribution in [1.29, 1.82) is 0 Å². The van der Waals surface area contributed by atoms with Gasteiger partial charge < -0.3 is 10.1 Å². The predicted molar refractivity (Wildman–Crippen MR) is 63.0 cm³/mol. The topological polar surface area (TPSA) is 98.5 Å². The molecule has 1 N–H and O–H groups in total. The lowest BCUT2D eigenvalue weighted by molar-refractivity contribution is -0.383. The van der Waals surface area contributed by atoms with Gasteiger partial charge in [-0.15, -0.1) is 0 Å². The first-order valence-corrected chi connectivity index (χ1v) is 5.23. The van der Waals surface area contributed by atoms with E-state index in [0.717, 1.165) is 0 Å². The fraction of sp³-hybridized carbons (Fsp3) is 0.273. The average Bonchev–Trinajstić information content (AvgIpc) is 2.36. The maximum atomic E-state index is 11.4. The highest BCUT2D eigenvalue weighted by atomic mass is 16.6. The van der Waals surface area contributed by atoms with Crippen molar-refractivity contribution in [2.75, 3.05) is 11.9 Å². The summed E-state index contributed by atoms with van der Waals surface area (Å²) in [7, 11) is 0. The molecule has 1 amide bonds. The molecule has 0 fully saturated rings. The summed E-state index contributed by atoms with van der Waals surface area (Å²) >= 11 is 0. The summed E-state index contributed by atoms with van der Waals surface area (Å²) in [5.74, 6) is -1.13. The zero-order chi connectivity index (χ0) is 13.5. The molecule has 1 aromatic rings. The van der Waals surface area contributed by atoms with Crippen LogP contribution in [0.2, 0.25) is 0 Å². The Morgan fingerprint density at radius 1 is 1.39 bits per heavy atom. The minimum atomic E-state index is -0.619. The van der Waals surface area contributed by atoms with Crippen LogP contribution in [0.25, 0.3) is 0 Å². The molecule has 0 spiro atoms. The van der Waals surface area contributed by atoms with E-state index in [1.165, 1.54) is 18.2 Å². The van der Waals surface area contributed by atoms with Crippen LogP contribution in [0.4, 0.5) is 11.4 Å². The van der Waals surface area contributed by atoms with Gasteiger partial charge in [-0.2, -0.15) is 0 Å². The third kappa shape index (κ3) is 3.85. The van der Waals surface area contributed by atoms with Crippen LogP contribution in [0.5, 0.6) is 0 Å². The van der Waals surface area contributed by atoms with E-state index in [9.17, 15) is 19.7 Å². The van der Waals surface area contributed by atoms with Gasteiger partial charge in [0.25, 0.3) is 11.6 Å². The maximum absolute atomic E-state index is 11.4.